The van der Waals surface area contributed by atoms with Gasteiger partial charge in [0.05, 0.1) is 24.5 Å². The molecule has 1 amide bonds. The number of nitrogens with one attached hydrogen (secondary N) is 1. The number of aromatic nitrogens is 1. The summed E-state index contributed by atoms with van der Waals surface area (Å²) in [6.07, 6.45) is 4.71. The summed E-state index contributed by atoms with van der Waals surface area (Å²) in [6.45, 7) is 8.33. The van der Waals surface area contributed by atoms with Gasteiger partial charge in [-0.15, -0.1) is 0 Å². The van der Waals surface area contributed by atoms with E-state index in [1.54, 1.807) is 19.5 Å². The molecule has 0 saturated carbocycles. The number of pyridine rings is 1. The van der Waals surface area contributed by atoms with Gasteiger partial charge in [0, 0.05) is 12.7 Å². The highest BCUT2D eigenvalue weighted by molar-refractivity contribution is 6.56. The number of carbonyl (C=O) groups excluding carboxylic acids is 1. The predicted octanol–water partition coefficient (Wildman–Crippen LogP) is 4.03. The lowest BCUT2D eigenvalue weighted by molar-refractivity contribution is 0.00578. The van der Waals surface area contributed by atoms with Crippen molar-refractivity contribution >= 4 is 19.3 Å². The van der Waals surface area contributed by atoms with E-state index in [-0.39, 0.29) is 13.2 Å². The second-order valence-electron chi connectivity index (χ2n) is 8.38. The van der Waals surface area contributed by atoms with Crippen LogP contribution in [-0.4, -0.2) is 43.1 Å². The zero-order valence-electron chi connectivity index (χ0n) is 18.7. The van der Waals surface area contributed by atoms with Gasteiger partial charge in [-0.25, -0.2) is 4.79 Å². The fraction of sp³-hybridized carbons (Fsp3) is 0.391. The van der Waals surface area contributed by atoms with Gasteiger partial charge in [0.25, 0.3) is 0 Å². The van der Waals surface area contributed by atoms with Crippen LogP contribution in [0.15, 0.2) is 54.3 Å². The first-order valence-corrected chi connectivity index (χ1v) is 10.2. The molecule has 1 saturated heterocycles. The van der Waals surface area contributed by atoms with Crippen molar-refractivity contribution in [3.63, 3.8) is 0 Å². The average Bonchev–Trinajstić information content (AvgIpc) is 2.97. The minimum Gasteiger partial charge on any atom is -0.495 e. The maximum atomic E-state index is 12.3. The average molecular weight is 424 g/mol. The minimum atomic E-state index is -0.620. The largest absolute Gasteiger partial charge is 0.495 e. The van der Waals surface area contributed by atoms with Gasteiger partial charge in [-0.2, -0.15) is 0 Å². The lowest BCUT2D eigenvalue weighted by atomic mass is 9.77. The number of nitrogens with zero attached hydrogens (tertiary/aromatic N) is 1. The van der Waals surface area contributed by atoms with E-state index in [4.69, 9.17) is 18.8 Å². The lowest BCUT2D eigenvalue weighted by Crippen LogP contribution is -2.41. The maximum absolute atomic E-state index is 12.3. The van der Waals surface area contributed by atoms with Crippen LogP contribution >= 0.6 is 0 Å². The number of carbonyl (C=O) groups is 1. The summed E-state index contributed by atoms with van der Waals surface area (Å²) in [7, 11) is 0.967. The number of alkyl carbamates (subject to hydrolysis) is 1. The van der Waals surface area contributed by atoms with E-state index in [0.717, 1.165) is 16.6 Å². The predicted molar refractivity (Wildman–Crippen MR) is 119 cm³/mol. The fourth-order valence-corrected chi connectivity index (χ4v) is 2.99. The van der Waals surface area contributed by atoms with Crippen LogP contribution in [0.1, 0.15) is 38.8 Å². The van der Waals surface area contributed by atoms with Gasteiger partial charge in [0.15, 0.2) is 0 Å². The second kappa shape index (κ2) is 9.53. The fourth-order valence-electron chi connectivity index (χ4n) is 2.99. The van der Waals surface area contributed by atoms with Crippen molar-refractivity contribution in [2.24, 2.45) is 0 Å². The van der Waals surface area contributed by atoms with Crippen molar-refractivity contribution in [1.29, 1.82) is 0 Å². The zero-order chi connectivity index (χ0) is 22.5. The van der Waals surface area contributed by atoms with E-state index in [1.807, 2.05) is 70.2 Å². The molecule has 7 nitrogen and oxygen atoms in total. The monoisotopic (exact) mass is 424 g/mol. The van der Waals surface area contributed by atoms with Crippen LogP contribution in [0.25, 0.3) is 6.08 Å². The first-order valence-electron chi connectivity index (χ1n) is 10.2. The van der Waals surface area contributed by atoms with Crippen molar-refractivity contribution in [2.45, 2.75) is 45.5 Å². The van der Waals surface area contributed by atoms with Gasteiger partial charge in [-0.3, -0.25) is 4.98 Å². The van der Waals surface area contributed by atoms with Gasteiger partial charge in [-0.1, -0.05) is 36.4 Å². The molecule has 0 spiro atoms. The molecule has 1 aromatic heterocycles. The molecular weight excluding hydrogens is 395 g/mol. The molecule has 0 atom stereocenters. The third kappa shape index (κ3) is 5.86. The smallest absolute Gasteiger partial charge is 0.492 e. The molecule has 0 bridgehead atoms. The molecule has 1 N–H and O–H groups in total. The van der Waals surface area contributed by atoms with Crippen LogP contribution in [0, 0.1) is 0 Å². The van der Waals surface area contributed by atoms with E-state index < -0.39 is 24.4 Å². The highest BCUT2D eigenvalue weighted by Gasteiger charge is 2.52. The Labute approximate surface area is 183 Å². The quantitative estimate of drug-likeness (QED) is 0.677. The Hall–Kier alpha value is -2.84. The molecule has 1 fully saturated rings. The van der Waals surface area contributed by atoms with Gasteiger partial charge < -0.3 is 24.1 Å². The summed E-state index contributed by atoms with van der Waals surface area (Å²) in [5.41, 5.74) is 1.46. The molecule has 1 aliphatic heterocycles. The van der Waals surface area contributed by atoms with E-state index in [1.165, 1.54) is 0 Å². The third-order valence-corrected chi connectivity index (χ3v) is 5.53. The molecule has 3 rings (SSSR count). The topological polar surface area (TPSA) is 78.9 Å². The summed E-state index contributed by atoms with van der Waals surface area (Å²) in [5, 5.41) is 2.79. The number of rotatable bonds is 7. The van der Waals surface area contributed by atoms with Crippen LogP contribution in [0.5, 0.6) is 5.75 Å². The molecule has 31 heavy (non-hydrogen) atoms. The Bertz CT molecular complexity index is 915. The summed E-state index contributed by atoms with van der Waals surface area (Å²) < 4.78 is 22.9. The molecule has 1 aliphatic rings. The standard InChI is InChI=1S/C23H29BN2O5/c1-22(2)23(3,4)31-24(30-22)19(11-18-12-20(28-5)15-25-13-18)14-26-21(27)29-16-17-9-7-6-8-10-17/h6-13,15H,14,16H2,1-5H3,(H,26,27). The Kier molecular flexibility index (Phi) is 7.03. The number of amides is 1. The zero-order valence-corrected chi connectivity index (χ0v) is 18.7. The van der Waals surface area contributed by atoms with Crippen molar-refractivity contribution in [1.82, 2.24) is 10.3 Å². The SMILES string of the molecule is COc1cncc(C=C(CNC(=O)OCc2ccccc2)B2OC(C)(C)C(C)(C)O2)c1. The van der Waals surface area contributed by atoms with Crippen molar-refractivity contribution < 1.29 is 23.6 Å². The van der Waals surface area contributed by atoms with Crippen molar-refractivity contribution in [3.8, 4) is 5.75 Å². The van der Waals surface area contributed by atoms with Crippen molar-refractivity contribution in [3.05, 3.63) is 65.4 Å². The van der Waals surface area contributed by atoms with Crippen LogP contribution < -0.4 is 10.1 Å². The number of hydrogen-bond acceptors (Lipinski definition) is 6. The number of benzene rings is 1. The van der Waals surface area contributed by atoms with Crippen LogP contribution in [0.2, 0.25) is 0 Å². The van der Waals surface area contributed by atoms with Gasteiger partial charge >= 0.3 is 13.2 Å². The third-order valence-electron chi connectivity index (χ3n) is 5.53. The molecule has 8 heteroatoms. The Morgan fingerprint density at radius 2 is 1.81 bits per heavy atom. The first kappa shape index (κ1) is 22.8. The first-order chi connectivity index (χ1) is 14.7. The van der Waals surface area contributed by atoms with Crippen LogP contribution in [0.4, 0.5) is 4.79 Å². The van der Waals surface area contributed by atoms with E-state index in [0.29, 0.717) is 5.75 Å². The molecular formula is C23H29BN2O5. The Morgan fingerprint density at radius 1 is 1.13 bits per heavy atom. The molecule has 2 aromatic rings. The van der Waals surface area contributed by atoms with Crippen molar-refractivity contribution in [2.75, 3.05) is 13.7 Å². The Balaban J connectivity index is 1.73. The van der Waals surface area contributed by atoms with E-state index in [2.05, 4.69) is 10.3 Å². The highest BCUT2D eigenvalue weighted by atomic mass is 16.7. The number of methoxy groups -OCH3 is 1. The van der Waals surface area contributed by atoms with E-state index >= 15 is 0 Å². The maximum Gasteiger partial charge on any atom is 0.492 e. The normalized spacial score (nSPS) is 17.3. The van der Waals surface area contributed by atoms with E-state index in [9.17, 15) is 4.79 Å². The molecule has 1 aromatic carbocycles. The van der Waals surface area contributed by atoms with Crippen LogP contribution in [0.3, 0.4) is 0 Å². The number of ether oxygens (including phenoxy) is 2. The molecule has 0 unspecified atom stereocenters. The summed E-state index contributed by atoms with van der Waals surface area (Å²) >= 11 is 0. The molecule has 0 aliphatic carbocycles. The minimum absolute atomic E-state index is 0.196. The summed E-state index contributed by atoms with van der Waals surface area (Å²) in [5.74, 6) is 0.636. The molecule has 164 valence electrons. The van der Waals surface area contributed by atoms with Gasteiger partial charge in [0.1, 0.15) is 12.4 Å². The van der Waals surface area contributed by atoms with Crippen LogP contribution in [-0.2, 0) is 20.7 Å². The molecule has 0 radical (unpaired) electrons. The summed E-state index contributed by atoms with van der Waals surface area (Å²) in [4.78, 5) is 16.5. The Morgan fingerprint density at radius 3 is 2.45 bits per heavy atom. The second-order valence-corrected chi connectivity index (χ2v) is 8.38. The lowest BCUT2D eigenvalue weighted by Gasteiger charge is -2.32. The summed E-state index contributed by atoms with van der Waals surface area (Å²) in [6, 6.07) is 11.4. The number of hydrogen-bond donors (Lipinski definition) is 1. The molecule has 2 heterocycles. The highest BCUT2D eigenvalue weighted by Crippen LogP contribution is 2.38. The van der Waals surface area contributed by atoms with Gasteiger partial charge in [0.2, 0.25) is 0 Å². The van der Waals surface area contributed by atoms with Gasteiger partial charge in [-0.05, 0) is 50.4 Å².